The van der Waals surface area contributed by atoms with Crippen LogP contribution in [0.4, 0.5) is 0 Å². The molecule has 0 unspecified atom stereocenters. The number of carboxylic acid groups (broad SMARTS) is 1. The zero-order chi connectivity index (χ0) is 11.4. The highest BCUT2D eigenvalue weighted by molar-refractivity contribution is 5.67. The fourth-order valence-electron chi connectivity index (χ4n) is 1.62. The molecule has 0 spiro atoms. The molecular weight excluding hydrogens is 202 g/mol. The van der Waals surface area contributed by atoms with Crippen molar-refractivity contribution in [1.29, 1.82) is 0 Å². The molecule has 1 aliphatic carbocycles. The largest absolute Gasteiger partial charge is 0.481 e. The number of hydrogen-bond acceptors (Lipinski definition) is 2. The Morgan fingerprint density at radius 3 is 2.44 bits per heavy atom. The minimum atomic E-state index is -0.737. The Bertz CT molecular complexity index is 355. The fourth-order valence-corrected chi connectivity index (χ4v) is 1.62. The van der Waals surface area contributed by atoms with Crippen LogP contribution >= 0.6 is 0 Å². The topological polar surface area (TPSA) is 49.3 Å². The van der Waals surface area contributed by atoms with E-state index in [1.807, 2.05) is 12.1 Å². The van der Waals surface area contributed by atoms with Crippen molar-refractivity contribution in [2.75, 3.05) is 0 Å². The number of benzene rings is 1. The summed E-state index contributed by atoms with van der Waals surface area (Å²) in [6.07, 6.45) is 3.43. The molecule has 16 heavy (non-hydrogen) atoms. The molecule has 2 rings (SSSR count). The Morgan fingerprint density at radius 1 is 1.25 bits per heavy atom. The second kappa shape index (κ2) is 5.12. The van der Waals surface area contributed by atoms with Crippen molar-refractivity contribution in [3.05, 3.63) is 35.4 Å². The molecule has 0 amide bonds. The molecule has 1 aliphatic rings. The van der Waals surface area contributed by atoms with E-state index in [-0.39, 0.29) is 6.42 Å². The first-order valence-corrected chi connectivity index (χ1v) is 5.77. The number of aliphatic carboxylic acids is 1. The Morgan fingerprint density at radius 2 is 1.88 bits per heavy atom. The van der Waals surface area contributed by atoms with Gasteiger partial charge in [-0.1, -0.05) is 24.3 Å². The molecule has 1 fully saturated rings. The minimum absolute atomic E-state index is 0.208. The zero-order valence-corrected chi connectivity index (χ0v) is 9.28. The summed E-state index contributed by atoms with van der Waals surface area (Å²) in [6, 6.07) is 8.92. The molecule has 0 heterocycles. The molecule has 1 saturated carbocycles. The van der Waals surface area contributed by atoms with Crippen molar-refractivity contribution in [2.45, 2.75) is 38.3 Å². The summed E-state index contributed by atoms with van der Waals surface area (Å²) in [5.74, 6) is -0.737. The number of carboxylic acids is 1. The van der Waals surface area contributed by atoms with Crippen LogP contribution in [0.5, 0.6) is 0 Å². The van der Waals surface area contributed by atoms with E-state index < -0.39 is 5.97 Å². The van der Waals surface area contributed by atoms with Gasteiger partial charge in [0.1, 0.15) is 0 Å². The van der Waals surface area contributed by atoms with Gasteiger partial charge in [0.15, 0.2) is 0 Å². The average Bonchev–Trinajstić information content (AvgIpc) is 3.09. The summed E-state index contributed by atoms with van der Waals surface area (Å²) in [7, 11) is 0. The molecule has 0 aliphatic heterocycles. The Hall–Kier alpha value is -1.35. The number of nitrogens with one attached hydrogen (secondary N) is 1. The molecule has 1 aromatic rings. The highest BCUT2D eigenvalue weighted by Gasteiger charge is 2.19. The summed E-state index contributed by atoms with van der Waals surface area (Å²) in [6.45, 7) is 0.921. The van der Waals surface area contributed by atoms with Crippen LogP contribution in [0.1, 0.15) is 30.4 Å². The molecule has 0 aromatic heterocycles. The molecule has 0 bridgehead atoms. The van der Waals surface area contributed by atoms with E-state index in [9.17, 15) is 4.79 Å². The normalized spacial score (nSPS) is 15.0. The summed E-state index contributed by atoms with van der Waals surface area (Å²) in [5.41, 5.74) is 2.36. The summed E-state index contributed by atoms with van der Waals surface area (Å²) in [4.78, 5) is 10.4. The van der Waals surface area contributed by atoms with E-state index in [4.69, 9.17) is 5.11 Å². The maximum atomic E-state index is 10.4. The maximum absolute atomic E-state index is 10.4. The van der Waals surface area contributed by atoms with E-state index in [1.54, 1.807) is 0 Å². The molecule has 0 saturated heterocycles. The van der Waals surface area contributed by atoms with Crippen LogP contribution in [-0.4, -0.2) is 17.1 Å². The SMILES string of the molecule is O=C(O)CCc1ccc(CNC2CC2)cc1. The Labute approximate surface area is 95.5 Å². The van der Waals surface area contributed by atoms with Crippen molar-refractivity contribution < 1.29 is 9.90 Å². The quantitative estimate of drug-likeness (QED) is 0.769. The predicted octanol–water partition coefficient (Wildman–Crippen LogP) is 1.96. The molecule has 3 heteroatoms. The first-order chi connectivity index (χ1) is 7.74. The van der Waals surface area contributed by atoms with Crippen molar-refractivity contribution in [1.82, 2.24) is 5.32 Å². The summed E-state index contributed by atoms with van der Waals surface area (Å²) < 4.78 is 0. The summed E-state index contributed by atoms with van der Waals surface area (Å²) in [5, 5.41) is 12.0. The van der Waals surface area contributed by atoms with Crippen LogP contribution in [0, 0.1) is 0 Å². The second-order valence-corrected chi connectivity index (χ2v) is 4.37. The lowest BCUT2D eigenvalue weighted by Gasteiger charge is -2.04. The molecule has 0 atom stereocenters. The minimum Gasteiger partial charge on any atom is -0.481 e. The lowest BCUT2D eigenvalue weighted by molar-refractivity contribution is -0.136. The van der Waals surface area contributed by atoms with Gasteiger partial charge in [0.05, 0.1) is 0 Å². The van der Waals surface area contributed by atoms with E-state index >= 15 is 0 Å². The zero-order valence-electron chi connectivity index (χ0n) is 9.28. The van der Waals surface area contributed by atoms with Gasteiger partial charge in [-0.05, 0) is 30.4 Å². The van der Waals surface area contributed by atoms with Gasteiger partial charge in [-0.25, -0.2) is 0 Å². The molecule has 0 radical (unpaired) electrons. The van der Waals surface area contributed by atoms with E-state index in [1.165, 1.54) is 18.4 Å². The van der Waals surface area contributed by atoms with Gasteiger partial charge in [-0.2, -0.15) is 0 Å². The van der Waals surface area contributed by atoms with Gasteiger partial charge in [-0.15, -0.1) is 0 Å². The molecule has 2 N–H and O–H groups in total. The third kappa shape index (κ3) is 3.66. The Balaban J connectivity index is 1.80. The van der Waals surface area contributed by atoms with Crippen LogP contribution in [0.3, 0.4) is 0 Å². The molecule has 1 aromatic carbocycles. The molecule has 86 valence electrons. The van der Waals surface area contributed by atoms with Crippen LogP contribution < -0.4 is 5.32 Å². The number of hydrogen-bond donors (Lipinski definition) is 2. The van der Waals surface area contributed by atoms with Gasteiger partial charge < -0.3 is 10.4 Å². The van der Waals surface area contributed by atoms with Gasteiger partial charge in [0, 0.05) is 19.0 Å². The Kier molecular flexibility index (Phi) is 3.57. The average molecular weight is 219 g/mol. The van der Waals surface area contributed by atoms with Crippen LogP contribution in [-0.2, 0) is 17.8 Å². The molecule has 3 nitrogen and oxygen atoms in total. The lowest BCUT2D eigenvalue weighted by atomic mass is 10.1. The van der Waals surface area contributed by atoms with Crippen molar-refractivity contribution >= 4 is 5.97 Å². The lowest BCUT2D eigenvalue weighted by Crippen LogP contribution is -2.15. The van der Waals surface area contributed by atoms with Gasteiger partial charge in [0.2, 0.25) is 0 Å². The monoisotopic (exact) mass is 219 g/mol. The van der Waals surface area contributed by atoms with Crippen LogP contribution in [0.2, 0.25) is 0 Å². The second-order valence-electron chi connectivity index (χ2n) is 4.37. The first kappa shape index (κ1) is 11.1. The summed E-state index contributed by atoms with van der Waals surface area (Å²) >= 11 is 0. The van der Waals surface area contributed by atoms with E-state index in [0.29, 0.717) is 6.42 Å². The van der Waals surface area contributed by atoms with Gasteiger partial charge >= 0.3 is 5.97 Å². The van der Waals surface area contributed by atoms with Crippen molar-refractivity contribution in [3.63, 3.8) is 0 Å². The smallest absolute Gasteiger partial charge is 0.303 e. The standard InChI is InChI=1S/C13H17NO2/c15-13(16)8-5-10-1-3-11(4-2-10)9-14-12-6-7-12/h1-4,12,14H,5-9H2,(H,15,16). The highest BCUT2D eigenvalue weighted by atomic mass is 16.4. The number of aryl methyl sites for hydroxylation is 1. The first-order valence-electron chi connectivity index (χ1n) is 5.77. The van der Waals surface area contributed by atoms with Crippen molar-refractivity contribution in [2.24, 2.45) is 0 Å². The maximum Gasteiger partial charge on any atom is 0.303 e. The van der Waals surface area contributed by atoms with E-state index in [2.05, 4.69) is 17.4 Å². The fraction of sp³-hybridized carbons (Fsp3) is 0.462. The van der Waals surface area contributed by atoms with Gasteiger partial charge in [0.25, 0.3) is 0 Å². The van der Waals surface area contributed by atoms with E-state index in [0.717, 1.165) is 18.2 Å². The predicted molar refractivity (Wildman–Crippen MR) is 62.3 cm³/mol. The van der Waals surface area contributed by atoms with Gasteiger partial charge in [-0.3, -0.25) is 4.79 Å². The number of carbonyl (C=O) groups is 1. The molecular formula is C13H17NO2. The number of rotatable bonds is 6. The third-order valence-corrected chi connectivity index (χ3v) is 2.82. The third-order valence-electron chi connectivity index (χ3n) is 2.82. The van der Waals surface area contributed by atoms with Crippen LogP contribution in [0.25, 0.3) is 0 Å². The van der Waals surface area contributed by atoms with Crippen molar-refractivity contribution in [3.8, 4) is 0 Å². The van der Waals surface area contributed by atoms with Crippen LogP contribution in [0.15, 0.2) is 24.3 Å². The highest BCUT2D eigenvalue weighted by Crippen LogP contribution is 2.19.